The van der Waals surface area contributed by atoms with Crippen molar-refractivity contribution in [3.8, 4) is 0 Å². The minimum Gasteiger partial charge on any atom is -0.363 e. The minimum absolute atomic E-state index is 0.0295. The number of imidazole rings is 1. The number of hydrogen-bond acceptors (Lipinski definition) is 5. The van der Waals surface area contributed by atoms with Gasteiger partial charge in [0.1, 0.15) is 17.7 Å². The molecule has 2 aliphatic carbocycles. The molecule has 3 heterocycles. The van der Waals surface area contributed by atoms with Crippen LogP contribution in [0.15, 0.2) is 61.3 Å². The highest BCUT2D eigenvalue weighted by molar-refractivity contribution is 6.30. The molecule has 2 unspecified atom stereocenters. The predicted molar refractivity (Wildman–Crippen MR) is 127 cm³/mol. The summed E-state index contributed by atoms with van der Waals surface area (Å²) in [6.07, 6.45) is 10.7. The number of halogens is 1. The molecule has 4 aromatic rings. The number of carbonyl (C=O) groups excluding carboxylic acids is 1. The van der Waals surface area contributed by atoms with Gasteiger partial charge in [0.05, 0.1) is 18.4 Å². The molecule has 7 nitrogen and oxygen atoms in total. The molecule has 2 saturated carbocycles. The molecule has 8 heteroatoms. The summed E-state index contributed by atoms with van der Waals surface area (Å²) in [5.74, 6) is 1.38. The SMILES string of the molecule is O=C(Nc1cncnc1NCc1cn2cc(C3CC3)ccc2n1)C1CC1c1cccc(Cl)c1. The molecule has 3 aromatic heterocycles. The van der Waals surface area contributed by atoms with E-state index in [1.165, 1.54) is 24.7 Å². The molecular weight excluding hydrogens is 436 g/mol. The van der Waals surface area contributed by atoms with Crippen LogP contribution in [-0.2, 0) is 11.3 Å². The average Bonchev–Trinajstić information content (AvgIpc) is 3.74. The Morgan fingerprint density at radius 3 is 2.91 bits per heavy atom. The third-order valence-electron chi connectivity index (χ3n) is 6.38. The second-order valence-corrected chi connectivity index (χ2v) is 9.30. The second-order valence-electron chi connectivity index (χ2n) is 8.87. The fourth-order valence-corrected chi connectivity index (χ4v) is 4.56. The van der Waals surface area contributed by atoms with E-state index in [1.807, 2.05) is 30.5 Å². The van der Waals surface area contributed by atoms with Crippen molar-refractivity contribution in [2.24, 2.45) is 5.92 Å². The van der Waals surface area contributed by atoms with Crippen molar-refractivity contribution in [1.82, 2.24) is 19.4 Å². The molecule has 166 valence electrons. The molecule has 1 aromatic carbocycles. The number of nitrogens with one attached hydrogen (secondary N) is 2. The summed E-state index contributed by atoms with van der Waals surface area (Å²) in [6, 6.07) is 12.0. The molecule has 0 saturated heterocycles. The van der Waals surface area contributed by atoms with Gasteiger partial charge in [-0.25, -0.2) is 15.0 Å². The number of carbonyl (C=O) groups is 1. The largest absolute Gasteiger partial charge is 0.363 e. The van der Waals surface area contributed by atoms with Gasteiger partial charge in [-0.2, -0.15) is 0 Å². The molecule has 0 radical (unpaired) electrons. The van der Waals surface area contributed by atoms with Crippen LogP contribution in [0.5, 0.6) is 0 Å². The number of benzene rings is 1. The van der Waals surface area contributed by atoms with Crippen LogP contribution in [0, 0.1) is 5.92 Å². The van der Waals surface area contributed by atoms with Gasteiger partial charge in [-0.1, -0.05) is 29.8 Å². The first-order valence-corrected chi connectivity index (χ1v) is 11.6. The lowest BCUT2D eigenvalue weighted by molar-refractivity contribution is -0.117. The second kappa shape index (κ2) is 8.15. The van der Waals surface area contributed by atoms with Gasteiger partial charge < -0.3 is 15.0 Å². The monoisotopic (exact) mass is 458 g/mol. The van der Waals surface area contributed by atoms with Gasteiger partial charge in [-0.05, 0) is 60.4 Å². The molecule has 2 fully saturated rings. The number of anilines is 2. The summed E-state index contributed by atoms with van der Waals surface area (Å²) in [6.45, 7) is 0.495. The van der Waals surface area contributed by atoms with Gasteiger partial charge in [-0.3, -0.25) is 4.79 Å². The Balaban J connectivity index is 1.12. The van der Waals surface area contributed by atoms with Crippen molar-refractivity contribution >= 4 is 34.7 Å². The fraction of sp³-hybridized carbons (Fsp3) is 0.280. The van der Waals surface area contributed by atoms with Crippen LogP contribution < -0.4 is 10.6 Å². The van der Waals surface area contributed by atoms with Crippen LogP contribution in [0.1, 0.15) is 47.9 Å². The first-order valence-electron chi connectivity index (χ1n) is 11.2. The van der Waals surface area contributed by atoms with Crippen molar-refractivity contribution in [3.63, 3.8) is 0 Å². The van der Waals surface area contributed by atoms with Crippen molar-refractivity contribution in [2.45, 2.75) is 37.6 Å². The van der Waals surface area contributed by atoms with E-state index in [4.69, 9.17) is 11.6 Å². The molecule has 33 heavy (non-hydrogen) atoms. The normalized spacial score (nSPS) is 19.4. The molecule has 0 spiro atoms. The van der Waals surface area contributed by atoms with E-state index in [2.05, 4.69) is 48.3 Å². The Morgan fingerprint density at radius 1 is 1.15 bits per heavy atom. The number of pyridine rings is 1. The zero-order chi connectivity index (χ0) is 22.4. The minimum atomic E-state index is -0.0735. The van der Waals surface area contributed by atoms with Crippen LogP contribution in [0.25, 0.3) is 5.65 Å². The Kier molecular flexibility index (Phi) is 4.99. The van der Waals surface area contributed by atoms with E-state index < -0.39 is 0 Å². The quantitative estimate of drug-likeness (QED) is 0.406. The maximum Gasteiger partial charge on any atom is 0.228 e. The third kappa shape index (κ3) is 4.28. The zero-order valence-electron chi connectivity index (χ0n) is 17.9. The number of hydrogen-bond donors (Lipinski definition) is 2. The van der Waals surface area contributed by atoms with Gasteiger partial charge in [-0.15, -0.1) is 0 Å². The number of amides is 1. The standard InChI is InChI=1S/C25H23ClN6O/c26-18-3-1-2-16(8-18)20-9-21(20)25(33)31-22-11-27-14-29-24(22)28-10-19-13-32-12-17(15-4-5-15)6-7-23(32)30-19/h1-3,6-8,11-15,20-21H,4-5,9-10H2,(H,31,33)(H,27,28,29). The van der Waals surface area contributed by atoms with Crippen LogP contribution in [-0.4, -0.2) is 25.3 Å². The Bertz CT molecular complexity index is 1350. The molecule has 6 rings (SSSR count). The van der Waals surface area contributed by atoms with Crippen LogP contribution in [0.2, 0.25) is 5.02 Å². The Morgan fingerprint density at radius 2 is 2.06 bits per heavy atom. The molecule has 2 N–H and O–H groups in total. The van der Waals surface area contributed by atoms with E-state index in [0.717, 1.165) is 23.3 Å². The molecule has 0 bridgehead atoms. The third-order valence-corrected chi connectivity index (χ3v) is 6.62. The topological polar surface area (TPSA) is 84.2 Å². The van der Waals surface area contributed by atoms with E-state index in [-0.39, 0.29) is 17.7 Å². The molecule has 2 aliphatic rings. The van der Waals surface area contributed by atoms with Crippen molar-refractivity contribution in [2.75, 3.05) is 10.6 Å². The number of nitrogens with zero attached hydrogens (tertiary/aromatic N) is 4. The summed E-state index contributed by atoms with van der Waals surface area (Å²) in [4.78, 5) is 25.9. The van der Waals surface area contributed by atoms with E-state index in [9.17, 15) is 4.79 Å². The zero-order valence-corrected chi connectivity index (χ0v) is 18.7. The Hall–Kier alpha value is -3.45. The van der Waals surface area contributed by atoms with Crippen molar-refractivity contribution in [3.05, 3.63) is 83.2 Å². The van der Waals surface area contributed by atoms with Crippen molar-refractivity contribution < 1.29 is 4.79 Å². The lowest BCUT2D eigenvalue weighted by atomic mass is 10.1. The Labute approximate surface area is 196 Å². The summed E-state index contributed by atoms with van der Waals surface area (Å²) in [5, 5.41) is 6.98. The van der Waals surface area contributed by atoms with E-state index in [1.54, 1.807) is 6.20 Å². The lowest BCUT2D eigenvalue weighted by Gasteiger charge is -2.10. The highest BCUT2D eigenvalue weighted by atomic mass is 35.5. The van der Waals surface area contributed by atoms with E-state index >= 15 is 0 Å². The first-order chi connectivity index (χ1) is 16.1. The van der Waals surface area contributed by atoms with Gasteiger partial charge in [0, 0.05) is 23.3 Å². The fourth-order valence-electron chi connectivity index (χ4n) is 4.36. The summed E-state index contributed by atoms with van der Waals surface area (Å²) in [7, 11) is 0. The molecule has 0 aliphatic heterocycles. The molecule has 1 amide bonds. The smallest absolute Gasteiger partial charge is 0.228 e. The maximum absolute atomic E-state index is 12.8. The number of fused-ring (bicyclic) bond motifs is 1. The molecule has 2 atom stereocenters. The van der Waals surface area contributed by atoms with Gasteiger partial charge in [0.2, 0.25) is 5.91 Å². The average molecular weight is 459 g/mol. The first kappa shape index (κ1) is 20.2. The van der Waals surface area contributed by atoms with Crippen LogP contribution in [0.3, 0.4) is 0 Å². The van der Waals surface area contributed by atoms with E-state index in [0.29, 0.717) is 29.0 Å². The highest BCUT2D eigenvalue weighted by Gasteiger charge is 2.44. The maximum atomic E-state index is 12.8. The number of aromatic nitrogens is 4. The predicted octanol–water partition coefficient (Wildman–Crippen LogP) is 5.01. The van der Waals surface area contributed by atoms with Crippen LogP contribution >= 0.6 is 11.6 Å². The van der Waals surface area contributed by atoms with Gasteiger partial charge in [0.15, 0.2) is 5.82 Å². The highest BCUT2D eigenvalue weighted by Crippen LogP contribution is 2.48. The summed E-state index contributed by atoms with van der Waals surface area (Å²) >= 11 is 6.10. The summed E-state index contributed by atoms with van der Waals surface area (Å²) < 4.78 is 2.08. The number of rotatable bonds is 7. The summed E-state index contributed by atoms with van der Waals surface area (Å²) in [5.41, 5.74) is 4.87. The van der Waals surface area contributed by atoms with Crippen LogP contribution in [0.4, 0.5) is 11.5 Å². The molecular formula is C25H23ClN6O. The van der Waals surface area contributed by atoms with Crippen molar-refractivity contribution in [1.29, 1.82) is 0 Å². The lowest BCUT2D eigenvalue weighted by Crippen LogP contribution is -2.17. The van der Waals surface area contributed by atoms with Gasteiger partial charge >= 0.3 is 0 Å². The van der Waals surface area contributed by atoms with Gasteiger partial charge in [0.25, 0.3) is 0 Å².